The van der Waals surface area contributed by atoms with Crippen molar-refractivity contribution in [3.05, 3.63) is 168 Å². The SMILES string of the molecule is CC1=CCCc2sc3c(ccc4ccc5cc(-c6ccc(N(c7cccc8ccccc78)c7cccc8ccccc78)cc6)ccc5c43)c21. The van der Waals surface area contributed by atoms with Crippen LogP contribution in [0.15, 0.2) is 158 Å². The number of hydrogen-bond donors (Lipinski definition) is 0. The molecule has 1 aromatic heterocycles. The van der Waals surface area contributed by atoms with E-state index in [0.717, 1.165) is 18.5 Å². The fourth-order valence-electron chi connectivity index (χ4n) is 8.08. The summed E-state index contributed by atoms with van der Waals surface area (Å²) in [4.78, 5) is 3.96. The minimum absolute atomic E-state index is 1.14. The third kappa shape index (κ3) is 4.52. The second kappa shape index (κ2) is 11.2. The Morgan fingerprint density at radius 1 is 0.510 bits per heavy atom. The van der Waals surface area contributed by atoms with E-state index in [4.69, 9.17) is 0 Å². The van der Waals surface area contributed by atoms with Gasteiger partial charge in [0.25, 0.3) is 0 Å². The summed E-state index contributed by atoms with van der Waals surface area (Å²) in [5.41, 5.74) is 8.83. The maximum absolute atomic E-state index is 2.42. The molecule has 0 spiro atoms. The Morgan fingerprint density at radius 2 is 1.12 bits per heavy atom. The van der Waals surface area contributed by atoms with E-state index in [1.165, 1.54) is 91.7 Å². The number of hydrogen-bond acceptors (Lipinski definition) is 2. The first kappa shape index (κ1) is 28.3. The third-order valence-electron chi connectivity index (χ3n) is 10.4. The van der Waals surface area contributed by atoms with Crippen LogP contribution in [0.1, 0.15) is 23.8 Å². The number of aryl methyl sites for hydroxylation is 1. The molecule has 1 aliphatic rings. The van der Waals surface area contributed by atoms with Gasteiger partial charge >= 0.3 is 0 Å². The maximum Gasteiger partial charge on any atom is 0.0540 e. The van der Waals surface area contributed by atoms with E-state index in [1.807, 2.05) is 11.3 Å². The Kier molecular flexibility index (Phi) is 6.47. The minimum atomic E-state index is 1.14. The van der Waals surface area contributed by atoms with Crippen LogP contribution in [0.3, 0.4) is 0 Å². The first-order valence-corrected chi connectivity index (χ1v) is 18.0. The predicted molar refractivity (Wildman–Crippen MR) is 214 cm³/mol. The number of allylic oxidation sites excluding steroid dienone is 2. The van der Waals surface area contributed by atoms with Gasteiger partial charge in [-0.25, -0.2) is 0 Å². The molecule has 0 bridgehead atoms. The Labute approximate surface area is 290 Å². The minimum Gasteiger partial charge on any atom is -0.309 e. The first-order chi connectivity index (χ1) is 24.2. The van der Waals surface area contributed by atoms with E-state index >= 15 is 0 Å². The molecule has 0 atom stereocenters. The van der Waals surface area contributed by atoms with Gasteiger partial charge in [-0.3, -0.25) is 0 Å². The zero-order valence-corrected chi connectivity index (χ0v) is 28.1. The smallest absolute Gasteiger partial charge is 0.0540 e. The highest BCUT2D eigenvalue weighted by atomic mass is 32.1. The topological polar surface area (TPSA) is 3.24 Å². The summed E-state index contributed by atoms with van der Waals surface area (Å²) in [5, 5.41) is 11.7. The van der Waals surface area contributed by atoms with Gasteiger partial charge in [0, 0.05) is 36.8 Å². The Balaban J connectivity index is 1.10. The summed E-state index contributed by atoms with van der Waals surface area (Å²) in [7, 11) is 0. The zero-order valence-electron chi connectivity index (χ0n) is 27.3. The highest BCUT2D eigenvalue weighted by molar-refractivity contribution is 7.20. The molecule has 0 radical (unpaired) electrons. The van der Waals surface area contributed by atoms with Crippen LogP contribution >= 0.6 is 11.3 Å². The normalized spacial score (nSPS) is 13.0. The summed E-state index contributed by atoms with van der Waals surface area (Å²) < 4.78 is 1.43. The summed E-state index contributed by atoms with van der Waals surface area (Å²) in [6.45, 7) is 2.28. The van der Waals surface area contributed by atoms with Crippen molar-refractivity contribution in [2.45, 2.75) is 19.8 Å². The van der Waals surface area contributed by atoms with Gasteiger partial charge < -0.3 is 4.90 Å². The quantitative estimate of drug-likeness (QED) is 0.173. The summed E-state index contributed by atoms with van der Waals surface area (Å²) in [5.74, 6) is 0. The van der Waals surface area contributed by atoms with Crippen LogP contribution in [0, 0.1) is 0 Å². The van der Waals surface area contributed by atoms with Crippen molar-refractivity contribution in [1.82, 2.24) is 0 Å². The molecule has 9 aromatic rings. The van der Waals surface area contributed by atoms with Crippen LogP contribution in [0.5, 0.6) is 0 Å². The molecule has 8 aromatic carbocycles. The van der Waals surface area contributed by atoms with E-state index in [9.17, 15) is 0 Å². The molecule has 1 aliphatic carbocycles. The number of anilines is 3. The lowest BCUT2D eigenvalue weighted by atomic mass is 9.93. The molecule has 2 heteroatoms. The van der Waals surface area contributed by atoms with Gasteiger partial charge in [-0.05, 0) is 99.3 Å². The van der Waals surface area contributed by atoms with Gasteiger partial charge in [0.2, 0.25) is 0 Å². The summed E-state index contributed by atoms with van der Waals surface area (Å²) in [6.07, 6.45) is 4.70. The number of fused-ring (bicyclic) bond motifs is 9. The predicted octanol–water partition coefficient (Wildman–Crippen LogP) is 14.0. The van der Waals surface area contributed by atoms with Crippen molar-refractivity contribution < 1.29 is 0 Å². The standard InChI is InChI=1S/C47H33NS/c1-30-9-6-18-44-45(30)41-28-23-34-19-20-36-29-35(24-27-40(36)46(34)47(41)49-44)31-21-25-37(26-22-31)48(42-16-7-12-32-10-2-4-14-38(32)42)43-17-8-13-33-11-3-5-15-39(33)43/h2-5,7-17,19-29H,6,18H2,1H3. The summed E-state index contributed by atoms with van der Waals surface area (Å²) >= 11 is 2.00. The van der Waals surface area contributed by atoms with Crippen molar-refractivity contribution in [2.75, 3.05) is 4.90 Å². The second-order valence-electron chi connectivity index (χ2n) is 13.2. The molecule has 0 fully saturated rings. The van der Waals surface area contributed by atoms with Crippen molar-refractivity contribution in [3.8, 4) is 11.1 Å². The van der Waals surface area contributed by atoms with E-state index in [0.29, 0.717) is 0 Å². The molecule has 1 heterocycles. The Hall–Kier alpha value is -5.70. The van der Waals surface area contributed by atoms with Crippen LogP contribution in [0.4, 0.5) is 17.1 Å². The molecule has 49 heavy (non-hydrogen) atoms. The second-order valence-corrected chi connectivity index (χ2v) is 14.4. The zero-order chi connectivity index (χ0) is 32.5. The fraction of sp³-hybridized carbons (Fsp3) is 0.0638. The highest BCUT2D eigenvalue weighted by Gasteiger charge is 2.20. The van der Waals surface area contributed by atoms with Crippen molar-refractivity contribution in [3.63, 3.8) is 0 Å². The lowest BCUT2D eigenvalue weighted by molar-refractivity contribution is 1.00. The molecule has 0 saturated carbocycles. The van der Waals surface area contributed by atoms with Gasteiger partial charge in [-0.1, -0.05) is 127 Å². The molecule has 0 N–H and O–H groups in total. The molecule has 0 unspecified atom stereocenters. The average Bonchev–Trinajstić information content (AvgIpc) is 3.55. The number of nitrogens with zero attached hydrogens (tertiary/aromatic N) is 1. The van der Waals surface area contributed by atoms with Crippen molar-refractivity contribution in [1.29, 1.82) is 0 Å². The molecule has 0 saturated heterocycles. The lowest BCUT2D eigenvalue weighted by Gasteiger charge is -2.28. The van der Waals surface area contributed by atoms with Gasteiger partial charge in [0.05, 0.1) is 11.4 Å². The van der Waals surface area contributed by atoms with Crippen molar-refractivity contribution in [2.24, 2.45) is 0 Å². The van der Waals surface area contributed by atoms with E-state index in [2.05, 4.69) is 170 Å². The van der Waals surface area contributed by atoms with Crippen LogP contribution in [0.2, 0.25) is 0 Å². The monoisotopic (exact) mass is 643 g/mol. The molecule has 0 amide bonds. The summed E-state index contributed by atoms with van der Waals surface area (Å²) in [6, 6.07) is 55.9. The molecular weight excluding hydrogens is 611 g/mol. The Bertz CT molecular complexity index is 2690. The number of benzene rings is 8. The van der Waals surface area contributed by atoms with Gasteiger partial charge in [-0.2, -0.15) is 0 Å². The number of rotatable bonds is 4. The average molecular weight is 644 g/mol. The van der Waals surface area contributed by atoms with Gasteiger partial charge in [0.1, 0.15) is 0 Å². The van der Waals surface area contributed by atoms with Crippen molar-refractivity contribution >= 4 is 87.1 Å². The van der Waals surface area contributed by atoms with Gasteiger partial charge in [-0.15, -0.1) is 11.3 Å². The fourth-order valence-corrected chi connectivity index (χ4v) is 9.53. The lowest BCUT2D eigenvalue weighted by Crippen LogP contribution is -2.11. The van der Waals surface area contributed by atoms with E-state index < -0.39 is 0 Å². The van der Waals surface area contributed by atoms with Crippen LogP contribution < -0.4 is 4.90 Å². The maximum atomic E-state index is 2.42. The van der Waals surface area contributed by atoms with E-state index in [-0.39, 0.29) is 0 Å². The van der Waals surface area contributed by atoms with Crippen LogP contribution in [-0.2, 0) is 6.42 Å². The molecule has 0 aliphatic heterocycles. The Morgan fingerprint density at radius 3 is 1.86 bits per heavy atom. The number of thiophene rings is 1. The largest absolute Gasteiger partial charge is 0.309 e. The third-order valence-corrected chi connectivity index (χ3v) is 11.7. The van der Waals surface area contributed by atoms with Gasteiger partial charge in [0.15, 0.2) is 0 Å². The van der Waals surface area contributed by atoms with E-state index in [1.54, 1.807) is 0 Å². The molecule has 1 nitrogen and oxygen atoms in total. The molecular formula is C47H33NS. The van der Waals surface area contributed by atoms with Crippen LogP contribution in [0.25, 0.3) is 69.9 Å². The molecule has 232 valence electrons. The molecule has 10 rings (SSSR count). The first-order valence-electron chi connectivity index (χ1n) is 17.2. The van der Waals surface area contributed by atoms with Crippen LogP contribution in [-0.4, -0.2) is 0 Å². The highest BCUT2D eigenvalue weighted by Crippen LogP contribution is 2.45.